The maximum absolute atomic E-state index is 4.05. The Morgan fingerprint density at radius 1 is 1.15 bits per heavy atom. The van der Waals surface area contributed by atoms with E-state index in [4.69, 9.17) is 0 Å². The molecule has 108 valence electrons. The standard InChI is InChI=1S/C17H25N3/c1-14(2)12-16-4-6-17(7-5-16)15(3)19-9-11-20-10-8-18-13-20/h4-8,10,13-15,19H,9,11-12H2,1-3H3. The van der Waals surface area contributed by atoms with E-state index < -0.39 is 0 Å². The average Bonchev–Trinajstić information content (AvgIpc) is 2.92. The van der Waals surface area contributed by atoms with Crippen LogP contribution in [-0.2, 0) is 13.0 Å². The molecule has 1 atom stereocenters. The van der Waals surface area contributed by atoms with Gasteiger partial charge in [0.1, 0.15) is 0 Å². The SMILES string of the molecule is CC(C)Cc1ccc(C(C)NCCn2ccnc2)cc1. The summed E-state index contributed by atoms with van der Waals surface area (Å²) < 4.78 is 2.09. The normalized spacial score (nSPS) is 12.8. The number of hydrogen-bond acceptors (Lipinski definition) is 2. The van der Waals surface area contributed by atoms with Crippen LogP contribution in [0, 0.1) is 5.92 Å². The molecular weight excluding hydrogens is 246 g/mol. The Hall–Kier alpha value is -1.61. The predicted octanol–water partition coefficient (Wildman–Crippen LogP) is 3.43. The summed E-state index contributed by atoms with van der Waals surface area (Å²) in [6.45, 7) is 8.63. The molecule has 0 radical (unpaired) electrons. The Bertz CT molecular complexity index is 485. The van der Waals surface area contributed by atoms with E-state index in [9.17, 15) is 0 Å². The van der Waals surface area contributed by atoms with Crippen LogP contribution in [0.25, 0.3) is 0 Å². The average molecular weight is 271 g/mol. The zero-order chi connectivity index (χ0) is 14.4. The Morgan fingerprint density at radius 3 is 2.50 bits per heavy atom. The van der Waals surface area contributed by atoms with Gasteiger partial charge in [0.15, 0.2) is 0 Å². The van der Waals surface area contributed by atoms with Crippen molar-refractivity contribution >= 4 is 0 Å². The monoisotopic (exact) mass is 271 g/mol. The number of nitrogens with one attached hydrogen (secondary N) is 1. The maximum Gasteiger partial charge on any atom is 0.0946 e. The topological polar surface area (TPSA) is 29.9 Å². The third kappa shape index (κ3) is 4.49. The van der Waals surface area contributed by atoms with E-state index >= 15 is 0 Å². The second-order valence-corrected chi connectivity index (χ2v) is 5.82. The molecule has 0 fully saturated rings. The molecular formula is C17H25N3. The number of benzene rings is 1. The summed E-state index contributed by atoms with van der Waals surface area (Å²) in [5.41, 5.74) is 2.78. The molecule has 0 saturated carbocycles. The summed E-state index contributed by atoms with van der Waals surface area (Å²) in [5, 5.41) is 3.55. The lowest BCUT2D eigenvalue weighted by molar-refractivity contribution is 0.531. The fourth-order valence-corrected chi connectivity index (χ4v) is 2.36. The molecule has 1 N–H and O–H groups in total. The van der Waals surface area contributed by atoms with Crippen molar-refractivity contribution in [3.63, 3.8) is 0 Å². The van der Waals surface area contributed by atoms with Gasteiger partial charge in [-0.1, -0.05) is 38.1 Å². The van der Waals surface area contributed by atoms with Gasteiger partial charge in [0.25, 0.3) is 0 Å². The van der Waals surface area contributed by atoms with Crippen LogP contribution in [0.2, 0.25) is 0 Å². The Morgan fingerprint density at radius 2 is 1.90 bits per heavy atom. The lowest BCUT2D eigenvalue weighted by Gasteiger charge is -2.15. The molecule has 0 spiro atoms. The van der Waals surface area contributed by atoms with Gasteiger partial charge in [0.05, 0.1) is 6.33 Å². The predicted molar refractivity (Wildman–Crippen MR) is 83.6 cm³/mol. The second kappa shape index (κ2) is 7.25. The van der Waals surface area contributed by atoms with Crippen LogP contribution in [0.3, 0.4) is 0 Å². The Labute approximate surface area is 122 Å². The molecule has 0 aliphatic heterocycles. The molecule has 1 aromatic carbocycles. The van der Waals surface area contributed by atoms with Crippen LogP contribution < -0.4 is 5.32 Å². The van der Waals surface area contributed by atoms with Crippen LogP contribution in [0.5, 0.6) is 0 Å². The molecule has 1 aromatic heterocycles. The quantitative estimate of drug-likeness (QED) is 0.836. The molecule has 3 nitrogen and oxygen atoms in total. The summed E-state index contributed by atoms with van der Waals surface area (Å²) in [6.07, 6.45) is 6.82. The van der Waals surface area contributed by atoms with Gasteiger partial charge in [0, 0.05) is 31.5 Å². The summed E-state index contributed by atoms with van der Waals surface area (Å²) >= 11 is 0. The summed E-state index contributed by atoms with van der Waals surface area (Å²) in [6, 6.07) is 9.37. The van der Waals surface area contributed by atoms with Crippen molar-refractivity contribution in [2.24, 2.45) is 5.92 Å². The van der Waals surface area contributed by atoms with Gasteiger partial charge in [-0.2, -0.15) is 0 Å². The van der Waals surface area contributed by atoms with Gasteiger partial charge in [-0.05, 0) is 30.4 Å². The van der Waals surface area contributed by atoms with Gasteiger partial charge < -0.3 is 9.88 Å². The lowest BCUT2D eigenvalue weighted by atomic mass is 10.00. The van der Waals surface area contributed by atoms with E-state index in [2.05, 4.69) is 59.9 Å². The highest BCUT2D eigenvalue weighted by atomic mass is 15.0. The smallest absolute Gasteiger partial charge is 0.0946 e. The van der Waals surface area contributed by atoms with E-state index in [-0.39, 0.29) is 0 Å². The summed E-state index contributed by atoms with van der Waals surface area (Å²) in [5.74, 6) is 0.714. The fraction of sp³-hybridized carbons (Fsp3) is 0.471. The van der Waals surface area contributed by atoms with Crippen molar-refractivity contribution in [3.05, 3.63) is 54.1 Å². The number of hydrogen-bond donors (Lipinski definition) is 1. The zero-order valence-corrected chi connectivity index (χ0v) is 12.7. The second-order valence-electron chi connectivity index (χ2n) is 5.82. The fourth-order valence-electron chi connectivity index (χ4n) is 2.36. The molecule has 2 aromatic rings. The van der Waals surface area contributed by atoms with Gasteiger partial charge in [0.2, 0.25) is 0 Å². The van der Waals surface area contributed by atoms with Crippen molar-refractivity contribution in [2.45, 2.75) is 39.8 Å². The number of nitrogens with zero attached hydrogens (tertiary/aromatic N) is 2. The highest BCUT2D eigenvalue weighted by Gasteiger charge is 2.05. The van der Waals surface area contributed by atoms with E-state index in [1.165, 1.54) is 11.1 Å². The first-order valence-electron chi connectivity index (χ1n) is 7.43. The molecule has 3 heteroatoms. The van der Waals surface area contributed by atoms with Crippen molar-refractivity contribution in [2.75, 3.05) is 6.54 Å². The first kappa shape index (κ1) is 14.8. The summed E-state index contributed by atoms with van der Waals surface area (Å²) in [7, 11) is 0. The number of aromatic nitrogens is 2. The minimum atomic E-state index is 0.381. The zero-order valence-electron chi connectivity index (χ0n) is 12.7. The minimum absolute atomic E-state index is 0.381. The first-order valence-corrected chi connectivity index (χ1v) is 7.43. The summed E-state index contributed by atoms with van der Waals surface area (Å²) in [4.78, 5) is 4.05. The van der Waals surface area contributed by atoms with Gasteiger partial charge in [-0.15, -0.1) is 0 Å². The minimum Gasteiger partial charge on any atom is -0.336 e. The Kier molecular flexibility index (Phi) is 5.36. The van der Waals surface area contributed by atoms with E-state index in [0.717, 1.165) is 19.5 Å². The highest BCUT2D eigenvalue weighted by Crippen LogP contribution is 2.15. The molecule has 0 saturated heterocycles. The molecule has 1 heterocycles. The molecule has 0 bridgehead atoms. The largest absolute Gasteiger partial charge is 0.336 e. The van der Waals surface area contributed by atoms with Crippen LogP contribution in [0.4, 0.5) is 0 Å². The number of imidazole rings is 1. The van der Waals surface area contributed by atoms with Crippen LogP contribution in [0.1, 0.15) is 37.9 Å². The van der Waals surface area contributed by atoms with Crippen molar-refractivity contribution in [3.8, 4) is 0 Å². The third-order valence-electron chi connectivity index (χ3n) is 3.50. The molecule has 1 unspecified atom stereocenters. The third-order valence-corrected chi connectivity index (χ3v) is 3.50. The van der Waals surface area contributed by atoms with E-state index in [1.54, 1.807) is 0 Å². The number of rotatable bonds is 7. The van der Waals surface area contributed by atoms with E-state index in [1.807, 2.05) is 18.7 Å². The van der Waals surface area contributed by atoms with E-state index in [0.29, 0.717) is 12.0 Å². The maximum atomic E-state index is 4.05. The highest BCUT2D eigenvalue weighted by molar-refractivity contribution is 5.25. The molecule has 0 amide bonds. The van der Waals surface area contributed by atoms with Crippen molar-refractivity contribution < 1.29 is 0 Å². The first-order chi connectivity index (χ1) is 9.65. The van der Waals surface area contributed by atoms with Gasteiger partial charge in [-0.3, -0.25) is 0 Å². The van der Waals surface area contributed by atoms with Crippen molar-refractivity contribution in [1.29, 1.82) is 0 Å². The van der Waals surface area contributed by atoms with Crippen LogP contribution in [-0.4, -0.2) is 16.1 Å². The molecule has 0 aliphatic rings. The van der Waals surface area contributed by atoms with Gasteiger partial charge in [-0.25, -0.2) is 4.98 Å². The molecule has 0 aliphatic carbocycles. The molecule has 20 heavy (non-hydrogen) atoms. The Balaban J connectivity index is 1.81. The lowest BCUT2D eigenvalue weighted by Crippen LogP contribution is -2.23. The van der Waals surface area contributed by atoms with Crippen LogP contribution in [0.15, 0.2) is 43.0 Å². The van der Waals surface area contributed by atoms with Crippen molar-refractivity contribution in [1.82, 2.24) is 14.9 Å². The van der Waals surface area contributed by atoms with Crippen LogP contribution >= 0.6 is 0 Å². The van der Waals surface area contributed by atoms with Gasteiger partial charge >= 0.3 is 0 Å². The molecule has 2 rings (SSSR count).